The van der Waals surface area contributed by atoms with Gasteiger partial charge in [0.05, 0.1) is 0 Å². The second-order valence-corrected chi connectivity index (χ2v) is 2.80. The van der Waals surface area contributed by atoms with E-state index in [9.17, 15) is 0 Å². The van der Waals surface area contributed by atoms with Crippen LogP contribution in [-0.2, 0) is 0 Å². The summed E-state index contributed by atoms with van der Waals surface area (Å²) in [5, 5.41) is 2.68. The van der Waals surface area contributed by atoms with E-state index >= 15 is 0 Å². The van der Waals surface area contributed by atoms with Crippen molar-refractivity contribution in [3.05, 3.63) is 48.0 Å². The van der Waals surface area contributed by atoms with Crippen LogP contribution in [0.2, 0.25) is 0 Å². The Kier molecular flexibility index (Phi) is 7.52. The molecular formula is C12H16Cl2. The van der Waals surface area contributed by atoms with Gasteiger partial charge < -0.3 is 0 Å². The Balaban J connectivity index is 0. The molecule has 0 aromatic heterocycles. The second-order valence-electron chi connectivity index (χ2n) is 2.80. The predicted molar refractivity (Wildman–Crippen MR) is 69.9 cm³/mol. The molecule has 2 aromatic rings. The fourth-order valence-electron chi connectivity index (χ4n) is 1.39. The molecule has 0 saturated carbocycles. The summed E-state index contributed by atoms with van der Waals surface area (Å²) in [4.78, 5) is 0. The van der Waals surface area contributed by atoms with E-state index in [4.69, 9.17) is 0 Å². The van der Waals surface area contributed by atoms with Crippen molar-refractivity contribution < 1.29 is 0 Å². The lowest BCUT2D eigenvalue weighted by Gasteiger charge is -1.98. The van der Waals surface area contributed by atoms with Crippen molar-refractivity contribution >= 4 is 35.6 Å². The lowest BCUT2D eigenvalue weighted by molar-refractivity contribution is 1.53. The molecule has 0 heterocycles. The molecule has 0 aliphatic heterocycles. The van der Waals surface area contributed by atoms with E-state index < -0.39 is 0 Å². The van der Waals surface area contributed by atoms with Crippen molar-refractivity contribution in [3.63, 3.8) is 0 Å². The first-order valence-electron chi connectivity index (χ1n) is 3.82. The lowest BCUT2D eigenvalue weighted by atomic mass is 10.1. The van der Waals surface area contributed by atoms with Gasteiger partial charge in [0.25, 0.3) is 0 Å². The highest BCUT2D eigenvalue weighted by molar-refractivity contribution is 5.86. The maximum absolute atomic E-state index is 2.16. The lowest BCUT2D eigenvalue weighted by Crippen LogP contribution is -1.75. The molecule has 0 unspecified atom stereocenters. The van der Waals surface area contributed by atoms with Crippen molar-refractivity contribution in [3.8, 4) is 0 Å². The number of benzene rings is 2. The summed E-state index contributed by atoms with van der Waals surface area (Å²) in [7, 11) is 0. The molecule has 0 aliphatic carbocycles. The third kappa shape index (κ3) is 2.90. The summed E-state index contributed by atoms with van der Waals surface area (Å²) in [6, 6.07) is 14.8. The van der Waals surface area contributed by atoms with Gasteiger partial charge in [-0.15, -0.1) is 24.8 Å². The molecule has 78 valence electrons. The molecule has 0 aliphatic rings. The molecule has 14 heavy (non-hydrogen) atoms. The van der Waals surface area contributed by atoms with Crippen LogP contribution in [0.25, 0.3) is 10.8 Å². The smallest absolute Gasteiger partial charge is 0.0155 e. The normalized spacial score (nSPS) is 8.07. The zero-order valence-corrected chi connectivity index (χ0v) is 8.99. The summed E-state index contributed by atoms with van der Waals surface area (Å²) in [6.07, 6.45) is 0. The number of hydrogen-bond donors (Lipinski definition) is 0. The minimum Gasteiger partial charge on any atom is -0.147 e. The van der Waals surface area contributed by atoms with Gasteiger partial charge in [-0.1, -0.05) is 49.9 Å². The highest BCUT2D eigenvalue weighted by atomic mass is 35.5. The van der Waals surface area contributed by atoms with Crippen LogP contribution in [-0.4, -0.2) is 0 Å². The van der Waals surface area contributed by atoms with Gasteiger partial charge in [0.15, 0.2) is 0 Å². The first-order valence-corrected chi connectivity index (χ1v) is 3.82. The van der Waals surface area contributed by atoms with E-state index in [1.807, 2.05) is 0 Å². The fourth-order valence-corrected chi connectivity index (χ4v) is 1.39. The predicted octanol–water partition coefficient (Wildman–Crippen LogP) is 4.63. The Hall–Kier alpha value is -0.720. The maximum Gasteiger partial charge on any atom is -0.0155 e. The highest BCUT2D eigenvalue weighted by Crippen LogP contribution is 2.16. The zero-order chi connectivity index (χ0) is 7.68. The molecule has 0 radical (unpaired) electrons. The number of rotatable bonds is 0. The van der Waals surface area contributed by atoms with Crippen LogP contribution >= 0.6 is 24.8 Å². The molecule has 0 bridgehead atoms. The Labute approximate surface area is 98.2 Å². The molecule has 0 nitrogen and oxygen atoms in total. The van der Waals surface area contributed by atoms with Crippen LogP contribution in [0, 0.1) is 6.92 Å². The first-order chi connectivity index (χ1) is 5.38. The summed E-state index contributed by atoms with van der Waals surface area (Å²) in [5.41, 5.74) is 1.35. The van der Waals surface area contributed by atoms with Gasteiger partial charge >= 0.3 is 0 Å². The van der Waals surface area contributed by atoms with Gasteiger partial charge in [0.2, 0.25) is 0 Å². The van der Waals surface area contributed by atoms with Crippen molar-refractivity contribution in [1.29, 1.82) is 0 Å². The van der Waals surface area contributed by atoms with Gasteiger partial charge in [-0.3, -0.25) is 0 Å². The standard InChI is InChI=1S/C11H10.CH4.2ClH/c1-9-5-4-7-10-6-2-3-8-11(9)10;;;/h2-8H,1H3;1H4;2*1H. The van der Waals surface area contributed by atoms with Gasteiger partial charge in [-0.05, 0) is 23.3 Å². The molecule has 0 fully saturated rings. The van der Waals surface area contributed by atoms with E-state index in [0.717, 1.165) is 0 Å². The van der Waals surface area contributed by atoms with Crippen LogP contribution < -0.4 is 0 Å². The minimum absolute atomic E-state index is 0. The number of halogens is 2. The fraction of sp³-hybridized carbons (Fsp3) is 0.167. The highest BCUT2D eigenvalue weighted by Gasteiger charge is 1.91. The van der Waals surface area contributed by atoms with Crippen LogP contribution in [0.5, 0.6) is 0 Å². The first kappa shape index (κ1) is 15.7. The van der Waals surface area contributed by atoms with Crippen LogP contribution in [0.15, 0.2) is 42.5 Å². The Morgan fingerprint density at radius 3 is 2.00 bits per heavy atom. The second kappa shape index (κ2) is 6.69. The average Bonchev–Trinajstić information content (AvgIpc) is 2.06. The van der Waals surface area contributed by atoms with Gasteiger partial charge in [0, 0.05) is 0 Å². The molecule has 0 amide bonds. The topological polar surface area (TPSA) is 0 Å². The SMILES string of the molecule is C.Cc1cccc2ccccc12.Cl.Cl. The van der Waals surface area contributed by atoms with Gasteiger partial charge in [0.1, 0.15) is 0 Å². The molecule has 0 saturated heterocycles. The van der Waals surface area contributed by atoms with E-state index in [1.54, 1.807) is 0 Å². The van der Waals surface area contributed by atoms with E-state index in [0.29, 0.717) is 0 Å². The number of aryl methyl sites for hydroxylation is 1. The van der Waals surface area contributed by atoms with Crippen LogP contribution in [0.1, 0.15) is 13.0 Å². The summed E-state index contributed by atoms with van der Waals surface area (Å²) in [5.74, 6) is 0. The minimum atomic E-state index is 0. The molecule has 2 aromatic carbocycles. The molecule has 0 atom stereocenters. The zero-order valence-electron chi connectivity index (χ0n) is 7.36. The summed E-state index contributed by atoms with van der Waals surface area (Å²) < 4.78 is 0. The Morgan fingerprint density at radius 2 is 1.36 bits per heavy atom. The van der Waals surface area contributed by atoms with Gasteiger partial charge in [-0.25, -0.2) is 0 Å². The quantitative estimate of drug-likeness (QED) is 0.620. The third-order valence-corrected chi connectivity index (χ3v) is 2.01. The Morgan fingerprint density at radius 1 is 0.786 bits per heavy atom. The van der Waals surface area contributed by atoms with Crippen LogP contribution in [0.3, 0.4) is 0 Å². The third-order valence-electron chi connectivity index (χ3n) is 2.01. The maximum atomic E-state index is 2.16. The molecular weight excluding hydrogens is 215 g/mol. The molecule has 2 heteroatoms. The van der Waals surface area contributed by atoms with Crippen molar-refractivity contribution in [2.24, 2.45) is 0 Å². The summed E-state index contributed by atoms with van der Waals surface area (Å²) >= 11 is 0. The van der Waals surface area contributed by atoms with E-state index in [1.165, 1.54) is 16.3 Å². The Bertz CT molecular complexity index is 377. The van der Waals surface area contributed by atoms with Crippen molar-refractivity contribution in [1.82, 2.24) is 0 Å². The number of fused-ring (bicyclic) bond motifs is 1. The molecule has 0 spiro atoms. The van der Waals surface area contributed by atoms with Crippen molar-refractivity contribution in [2.75, 3.05) is 0 Å². The average molecular weight is 231 g/mol. The van der Waals surface area contributed by atoms with Crippen molar-refractivity contribution in [2.45, 2.75) is 14.4 Å². The van der Waals surface area contributed by atoms with Gasteiger partial charge in [-0.2, -0.15) is 0 Å². The summed E-state index contributed by atoms with van der Waals surface area (Å²) in [6.45, 7) is 2.14. The van der Waals surface area contributed by atoms with E-state index in [2.05, 4.69) is 49.4 Å². The largest absolute Gasteiger partial charge is 0.147 e. The van der Waals surface area contributed by atoms with E-state index in [-0.39, 0.29) is 32.2 Å². The molecule has 2 rings (SSSR count). The molecule has 0 N–H and O–H groups in total. The number of hydrogen-bond acceptors (Lipinski definition) is 0. The van der Waals surface area contributed by atoms with Crippen LogP contribution in [0.4, 0.5) is 0 Å². The monoisotopic (exact) mass is 230 g/mol.